The van der Waals surface area contributed by atoms with Gasteiger partial charge in [0.15, 0.2) is 0 Å². The molecule has 5 heteroatoms. The molecule has 0 bridgehead atoms. The molecular formula is C16H17N3O2. The molecule has 1 aromatic heterocycles. The van der Waals surface area contributed by atoms with E-state index in [9.17, 15) is 9.59 Å². The van der Waals surface area contributed by atoms with Gasteiger partial charge in [-0.3, -0.25) is 14.6 Å². The van der Waals surface area contributed by atoms with Gasteiger partial charge < -0.3 is 10.6 Å². The van der Waals surface area contributed by atoms with E-state index in [-0.39, 0.29) is 24.3 Å². The van der Waals surface area contributed by atoms with Crippen molar-refractivity contribution in [2.45, 2.75) is 19.4 Å². The fourth-order valence-corrected chi connectivity index (χ4v) is 2.02. The highest BCUT2D eigenvalue weighted by Gasteiger charge is 2.16. The summed E-state index contributed by atoms with van der Waals surface area (Å²) in [5.74, 6) is -0.344. The summed E-state index contributed by atoms with van der Waals surface area (Å²) in [7, 11) is 0. The lowest BCUT2D eigenvalue weighted by molar-refractivity contribution is -0.120. The van der Waals surface area contributed by atoms with Gasteiger partial charge in [-0.2, -0.15) is 0 Å². The van der Waals surface area contributed by atoms with Crippen LogP contribution >= 0.6 is 0 Å². The van der Waals surface area contributed by atoms with E-state index < -0.39 is 0 Å². The lowest BCUT2D eigenvalue weighted by atomic mass is 10.0. The zero-order valence-corrected chi connectivity index (χ0v) is 11.7. The number of nitrogens with zero attached hydrogens (tertiary/aromatic N) is 1. The van der Waals surface area contributed by atoms with Gasteiger partial charge in [0.05, 0.1) is 24.3 Å². The van der Waals surface area contributed by atoms with Gasteiger partial charge in [0, 0.05) is 13.1 Å². The quantitative estimate of drug-likeness (QED) is 0.884. The van der Waals surface area contributed by atoms with E-state index in [2.05, 4.69) is 15.6 Å². The normalized spacial score (nSPS) is 11.5. The van der Waals surface area contributed by atoms with Gasteiger partial charge in [-0.15, -0.1) is 0 Å². The molecular weight excluding hydrogens is 266 g/mol. The van der Waals surface area contributed by atoms with Gasteiger partial charge in [0.2, 0.25) is 11.8 Å². The van der Waals surface area contributed by atoms with Crippen molar-refractivity contribution in [2.24, 2.45) is 0 Å². The van der Waals surface area contributed by atoms with E-state index >= 15 is 0 Å². The molecule has 108 valence electrons. The molecule has 0 fully saturated rings. The maximum atomic E-state index is 12.1. The molecule has 0 radical (unpaired) electrons. The molecule has 0 saturated carbocycles. The third-order valence-corrected chi connectivity index (χ3v) is 2.91. The molecule has 2 rings (SSSR count). The molecule has 5 nitrogen and oxygen atoms in total. The summed E-state index contributed by atoms with van der Waals surface area (Å²) < 4.78 is 0. The second-order valence-corrected chi connectivity index (χ2v) is 4.66. The predicted molar refractivity (Wildman–Crippen MR) is 80.5 cm³/mol. The molecule has 0 spiro atoms. The lowest BCUT2D eigenvalue weighted by Crippen LogP contribution is -2.29. The summed E-state index contributed by atoms with van der Waals surface area (Å²) in [5.41, 5.74) is 1.53. The zero-order chi connectivity index (χ0) is 15.1. The number of nitrogens with one attached hydrogen (secondary N) is 2. The minimum atomic E-state index is -0.347. The molecule has 2 amide bonds. The number of pyridine rings is 1. The van der Waals surface area contributed by atoms with Gasteiger partial charge in [0.1, 0.15) is 0 Å². The van der Waals surface area contributed by atoms with Crippen LogP contribution in [0.5, 0.6) is 0 Å². The van der Waals surface area contributed by atoms with E-state index in [4.69, 9.17) is 0 Å². The van der Waals surface area contributed by atoms with Gasteiger partial charge >= 0.3 is 0 Å². The van der Waals surface area contributed by atoms with Gasteiger partial charge in [0.25, 0.3) is 0 Å². The van der Waals surface area contributed by atoms with E-state index in [1.54, 1.807) is 24.5 Å². The highest BCUT2D eigenvalue weighted by atomic mass is 16.2. The number of carbonyl (C=O) groups is 2. The Morgan fingerprint density at radius 1 is 1.14 bits per heavy atom. The van der Waals surface area contributed by atoms with Crippen molar-refractivity contribution in [3.8, 4) is 0 Å². The van der Waals surface area contributed by atoms with Crippen molar-refractivity contribution in [2.75, 3.05) is 5.32 Å². The van der Waals surface area contributed by atoms with Crippen LogP contribution in [0.3, 0.4) is 0 Å². The van der Waals surface area contributed by atoms with Crippen LogP contribution in [0, 0.1) is 0 Å². The summed E-state index contributed by atoms with van der Waals surface area (Å²) in [6.07, 6.45) is 3.38. The minimum absolute atomic E-state index is 0.165. The fraction of sp³-hybridized carbons (Fsp3) is 0.188. The Labute approximate surface area is 123 Å². The SMILES string of the molecule is CC(=O)N[C@H](CC(=O)Nc1cccnc1)c1ccccc1. The number of hydrogen-bond acceptors (Lipinski definition) is 3. The summed E-state index contributed by atoms with van der Waals surface area (Å²) >= 11 is 0. The Morgan fingerprint density at radius 2 is 1.90 bits per heavy atom. The highest BCUT2D eigenvalue weighted by molar-refractivity contribution is 5.91. The average molecular weight is 283 g/mol. The first-order chi connectivity index (χ1) is 10.1. The molecule has 1 heterocycles. The molecule has 21 heavy (non-hydrogen) atoms. The molecule has 0 saturated heterocycles. The smallest absolute Gasteiger partial charge is 0.226 e. The largest absolute Gasteiger partial charge is 0.349 e. The summed E-state index contributed by atoms with van der Waals surface area (Å²) in [6.45, 7) is 1.44. The third-order valence-electron chi connectivity index (χ3n) is 2.91. The minimum Gasteiger partial charge on any atom is -0.349 e. The van der Waals surface area contributed by atoms with Crippen LogP contribution in [-0.2, 0) is 9.59 Å². The van der Waals surface area contributed by atoms with E-state index in [0.717, 1.165) is 5.56 Å². The van der Waals surface area contributed by atoms with Crippen LogP contribution in [0.1, 0.15) is 24.9 Å². The van der Waals surface area contributed by atoms with E-state index in [1.807, 2.05) is 30.3 Å². The Morgan fingerprint density at radius 3 is 2.52 bits per heavy atom. The van der Waals surface area contributed by atoms with Crippen LogP contribution in [0.4, 0.5) is 5.69 Å². The molecule has 1 atom stereocenters. The van der Waals surface area contributed by atoms with Crippen LogP contribution in [0.2, 0.25) is 0 Å². The average Bonchev–Trinajstić information content (AvgIpc) is 2.48. The number of carbonyl (C=O) groups excluding carboxylic acids is 2. The standard InChI is InChI=1S/C16H17N3O2/c1-12(20)18-15(13-6-3-2-4-7-13)10-16(21)19-14-8-5-9-17-11-14/h2-9,11,15H,10H2,1H3,(H,18,20)(H,19,21)/t15-/m1/s1. The van der Waals surface area contributed by atoms with Gasteiger partial charge in [-0.25, -0.2) is 0 Å². The molecule has 0 aliphatic rings. The number of rotatable bonds is 5. The Bertz CT molecular complexity index is 599. The zero-order valence-electron chi connectivity index (χ0n) is 11.7. The van der Waals surface area contributed by atoms with Crippen molar-refractivity contribution in [3.63, 3.8) is 0 Å². The molecule has 2 aromatic rings. The van der Waals surface area contributed by atoms with Crippen molar-refractivity contribution in [1.29, 1.82) is 0 Å². The van der Waals surface area contributed by atoms with E-state index in [1.165, 1.54) is 6.92 Å². The molecule has 2 N–H and O–H groups in total. The van der Waals surface area contributed by atoms with Gasteiger partial charge in [-0.1, -0.05) is 30.3 Å². The van der Waals surface area contributed by atoms with Crippen LogP contribution in [-0.4, -0.2) is 16.8 Å². The Hall–Kier alpha value is -2.69. The second kappa shape index (κ2) is 7.19. The fourth-order valence-electron chi connectivity index (χ4n) is 2.02. The Kier molecular flexibility index (Phi) is 5.04. The maximum absolute atomic E-state index is 12.1. The van der Waals surface area contributed by atoms with E-state index in [0.29, 0.717) is 5.69 Å². The molecule has 0 aliphatic carbocycles. The predicted octanol–water partition coefficient (Wildman–Crippen LogP) is 2.29. The van der Waals surface area contributed by atoms with Gasteiger partial charge in [-0.05, 0) is 17.7 Å². The second-order valence-electron chi connectivity index (χ2n) is 4.66. The molecule has 0 aliphatic heterocycles. The van der Waals surface area contributed by atoms with Crippen molar-refractivity contribution in [3.05, 3.63) is 60.4 Å². The van der Waals surface area contributed by atoms with Crippen molar-refractivity contribution in [1.82, 2.24) is 10.3 Å². The topological polar surface area (TPSA) is 71.1 Å². The first kappa shape index (κ1) is 14.7. The van der Waals surface area contributed by atoms with Crippen LogP contribution < -0.4 is 10.6 Å². The monoisotopic (exact) mass is 283 g/mol. The lowest BCUT2D eigenvalue weighted by Gasteiger charge is -2.18. The number of anilines is 1. The summed E-state index contributed by atoms with van der Waals surface area (Å²) in [5, 5.41) is 5.56. The number of amides is 2. The maximum Gasteiger partial charge on any atom is 0.226 e. The Balaban J connectivity index is 2.05. The third kappa shape index (κ3) is 4.72. The van der Waals surface area contributed by atoms with Crippen molar-refractivity contribution >= 4 is 17.5 Å². The van der Waals surface area contributed by atoms with Crippen LogP contribution in [0.15, 0.2) is 54.9 Å². The first-order valence-corrected chi connectivity index (χ1v) is 6.67. The number of benzene rings is 1. The summed E-state index contributed by atoms with van der Waals surface area (Å²) in [6, 6.07) is 12.6. The number of aromatic nitrogens is 1. The summed E-state index contributed by atoms with van der Waals surface area (Å²) in [4.78, 5) is 27.3. The first-order valence-electron chi connectivity index (χ1n) is 6.67. The molecule has 1 aromatic carbocycles. The highest BCUT2D eigenvalue weighted by Crippen LogP contribution is 2.17. The van der Waals surface area contributed by atoms with Crippen molar-refractivity contribution < 1.29 is 9.59 Å². The molecule has 0 unspecified atom stereocenters. The van der Waals surface area contributed by atoms with Crippen LogP contribution in [0.25, 0.3) is 0 Å². The number of hydrogen-bond donors (Lipinski definition) is 2.